The van der Waals surface area contributed by atoms with Crippen molar-refractivity contribution in [3.63, 3.8) is 0 Å². The van der Waals surface area contributed by atoms with Gasteiger partial charge in [-0.15, -0.1) is 0 Å². The first-order valence-corrected chi connectivity index (χ1v) is 17.3. The van der Waals surface area contributed by atoms with Crippen molar-refractivity contribution in [1.82, 2.24) is 0 Å². The Morgan fingerprint density at radius 1 is 0.625 bits per heavy atom. The zero-order chi connectivity index (χ0) is 29.6. The Bertz CT molecular complexity index is 859. The molecule has 0 aromatic heterocycles. The Labute approximate surface area is 252 Å². The number of rotatable bonds is 21. The van der Waals surface area contributed by atoms with Gasteiger partial charge in [0.25, 0.3) is 0 Å². The molecule has 0 saturated carbocycles. The molecule has 0 aliphatic rings. The predicted octanol–water partition coefficient (Wildman–Crippen LogP) is 7.82. The molecule has 0 bridgehead atoms. The summed E-state index contributed by atoms with van der Waals surface area (Å²) < 4.78 is 33.5. The quantitative estimate of drug-likeness (QED) is 0.0360. The van der Waals surface area contributed by atoms with Gasteiger partial charge in [-0.25, -0.2) is 0 Å². The fourth-order valence-electron chi connectivity index (χ4n) is 3.18. The van der Waals surface area contributed by atoms with E-state index in [9.17, 15) is 9.59 Å². The van der Waals surface area contributed by atoms with Gasteiger partial charge in [0.05, 0.1) is 38.3 Å². The zero-order valence-corrected chi connectivity index (χ0v) is 27.3. The summed E-state index contributed by atoms with van der Waals surface area (Å²) in [7, 11) is -1.91. The molecule has 0 saturated heterocycles. The van der Waals surface area contributed by atoms with Gasteiger partial charge in [0.1, 0.15) is 11.5 Å². The first-order valence-electron chi connectivity index (χ1n) is 13.4. The maximum atomic E-state index is 12.7. The number of ketones is 2. The molecular weight excluding hydrogens is 590 g/mol. The molecule has 12 heteroatoms. The van der Waals surface area contributed by atoms with Gasteiger partial charge in [-0.2, -0.15) is 25.3 Å². The van der Waals surface area contributed by atoms with Gasteiger partial charge < -0.3 is 27.6 Å². The van der Waals surface area contributed by atoms with Gasteiger partial charge in [-0.3, -0.25) is 9.59 Å². The highest BCUT2D eigenvalue weighted by atomic mass is 32.1. The number of thiol groups is 2. The monoisotopic (exact) mass is 632 g/mol. The van der Waals surface area contributed by atoms with E-state index < -0.39 is 28.3 Å². The SMILES string of the molecule is CC.CCOP(CCCOc1ccc(C(=O)C(=O)c2ccc(OCCCP(OCC)OCS)cc2)cc1)OCS. The third-order valence-electron chi connectivity index (χ3n) is 4.90. The van der Waals surface area contributed by atoms with Crippen LogP contribution in [0.15, 0.2) is 48.5 Å². The minimum atomic E-state index is -0.954. The van der Waals surface area contributed by atoms with Gasteiger partial charge in [-0.1, -0.05) is 13.8 Å². The molecule has 0 radical (unpaired) electrons. The number of carbonyl (C=O) groups excluding carboxylic acids is 2. The minimum Gasteiger partial charge on any atom is -0.494 e. The highest BCUT2D eigenvalue weighted by molar-refractivity contribution is 7.80. The summed E-state index contributed by atoms with van der Waals surface area (Å²) in [6.07, 6.45) is 3.02. The van der Waals surface area contributed by atoms with E-state index in [-0.39, 0.29) is 0 Å². The molecule has 0 amide bonds. The van der Waals surface area contributed by atoms with Crippen LogP contribution in [0.3, 0.4) is 0 Å². The third-order valence-corrected chi connectivity index (χ3v) is 8.85. The normalized spacial score (nSPS) is 12.2. The van der Waals surface area contributed by atoms with Crippen LogP contribution < -0.4 is 9.47 Å². The molecule has 40 heavy (non-hydrogen) atoms. The largest absolute Gasteiger partial charge is 0.494 e. The van der Waals surface area contributed by atoms with Gasteiger partial charge >= 0.3 is 0 Å². The predicted molar refractivity (Wildman–Crippen MR) is 170 cm³/mol. The lowest BCUT2D eigenvalue weighted by Crippen LogP contribution is -2.14. The summed E-state index contributed by atoms with van der Waals surface area (Å²) in [6, 6.07) is 13.1. The number of carbonyl (C=O) groups is 2. The van der Waals surface area contributed by atoms with Crippen molar-refractivity contribution in [2.24, 2.45) is 0 Å². The first-order chi connectivity index (χ1) is 19.5. The Morgan fingerprint density at radius 2 is 0.975 bits per heavy atom. The van der Waals surface area contributed by atoms with Crippen LogP contribution in [0, 0.1) is 0 Å². The highest BCUT2D eigenvalue weighted by Crippen LogP contribution is 2.39. The number of ether oxygens (including phenoxy) is 2. The van der Waals surface area contributed by atoms with Crippen LogP contribution in [0.4, 0.5) is 0 Å². The molecule has 2 aromatic carbocycles. The second-order valence-electron chi connectivity index (χ2n) is 7.58. The maximum absolute atomic E-state index is 12.7. The molecule has 2 atom stereocenters. The lowest BCUT2D eigenvalue weighted by Gasteiger charge is -2.15. The van der Waals surface area contributed by atoms with Crippen LogP contribution >= 0.6 is 42.0 Å². The number of hydrogen-bond acceptors (Lipinski definition) is 10. The molecule has 8 nitrogen and oxygen atoms in total. The van der Waals surface area contributed by atoms with Crippen molar-refractivity contribution in [2.45, 2.75) is 40.5 Å². The second-order valence-corrected chi connectivity index (χ2v) is 11.4. The number of benzene rings is 2. The van der Waals surface area contributed by atoms with E-state index in [4.69, 9.17) is 27.6 Å². The molecule has 0 spiro atoms. The van der Waals surface area contributed by atoms with Gasteiger partial charge in [0.15, 0.2) is 16.8 Å². The molecule has 2 aromatic rings. The molecule has 0 fully saturated rings. The molecule has 224 valence electrons. The van der Waals surface area contributed by atoms with Gasteiger partial charge in [-0.05, 0) is 75.2 Å². The van der Waals surface area contributed by atoms with Crippen molar-refractivity contribution < 1.29 is 37.2 Å². The molecular formula is C28H42O8P2S2. The van der Waals surface area contributed by atoms with Crippen molar-refractivity contribution in [1.29, 1.82) is 0 Å². The molecule has 0 N–H and O–H groups in total. The van der Waals surface area contributed by atoms with Crippen LogP contribution in [0.5, 0.6) is 11.5 Å². The van der Waals surface area contributed by atoms with E-state index >= 15 is 0 Å². The van der Waals surface area contributed by atoms with Crippen LogP contribution in [0.25, 0.3) is 0 Å². The van der Waals surface area contributed by atoms with E-state index in [1.807, 2.05) is 27.7 Å². The van der Waals surface area contributed by atoms with E-state index in [0.29, 0.717) is 60.9 Å². The Hall–Kier alpha value is -1.22. The lowest BCUT2D eigenvalue weighted by molar-refractivity contribution is 0.0817. The molecule has 0 aliphatic heterocycles. The third kappa shape index (κ3) is 14.6. The van der Waals surface area contributed by atoms with E-state index in [1.165, 1.54) is 0 Å². The zero-order valence-electron chi connectivity index (χ0n) is 23.7. The van der Waals surface area contributed by atoms with Gasteiger partial charge in [0, 0.05) is 23.5 Å². The van der Waals surface area contributed by atoms with E-state index in [2.05, 4.69) is 25.3 Å². The Balaban J connectivity index is 0.00000391. The second kappa shape index (κ2) is 23.4. The van der Waals surface area contributed by atoms with Gasteiger partial charge in [0.2, 0.25) is 11.6 Å². The average molecular weight is 633 g/mol. The fourth-order valence-corrected chi connectivity index (χ4v) is 6.23. The summed E-state index contributed by atoms with van der Waals surface area (Å²) in [4.78, 5) is 25.4. The molecule has 0 heterocycles. The maximum Gasteiger partial charge on any atom is 0.233 e. The standard InChI is InChI=1S/C26H36O8P2S2.C2H6/c1-3-31-35(33-19-37)17-5-15-29-23-11-7-21(8-12-23)25(27)26(28)22-9-13-24(14-10-22)30-16-6-18-36(32-4-2)34-20-38;1-2/h7-14,37-38H,3-6,15-20H2,1-2H3;1-2H3. The summed E-state index contributed by atoms with van der Waals surface area (Å²) in [5.74, 6) is 0.731. The summed E-state index contributed by atoms with van der Waals surface area (Å²) in [6.45, 7) is 10.0. The average Bonchev–Trinajstić information content (AvgIpc) is 2.99. The topological polar surface area (TPSA) is 89.5 Å². The highest BCUT2D eigenvalue weighted by Gasteiger charge is 2.18. The van der Waals surface area contributed by atoms with Crippen molar-refractivity contribution in [2.75, 3.05) is 50.6 Å². The number of Topliss-reactive ketones (excluding diaryl/α,β-unsaturated/α-hetero) is 2. The Kier molecular flexibility index (Phi) is 21.5. The van der Waals surface area contributed by atoms with E-state index in [1.54, 1.807) is 48.5 Å². The smallest absolute Gasteiger partial charge is 0.233 e. The van der Waals surface area contributed by atoms with Crippen molar-refractivity contribution >= 4 is 53.6 Å². The first kappa shape index (κ1) is 36.8. The van der Waals surface area contributed by atoms with Crippen LogP contribution in [0.2, 0.25) is 0 Å². The van der Waals surface area contributed by atoms with Crippen LogP contribution in [0.1, 0.15) is 61.3 Å². The van der Waals surface area contributed by atoms with Crippen molar-refractivity contribution in [3.05, 3.63) is 59.7 Å². The number of hydrogen-bond donors (Lipinski definition) is 2. The summed E-state index contributed by atoms with van der Waals surface area (Å²) in [5, 5.41) is 0. The fraction of sp³-hybridized carbons (Fsp3) is 0.500. The van der Waals surface area contributed by atoms with Crippen LogP contribution in [-0.4, -0.2) is 62.2 Å². The summed E-state index contributed by atoms with van der Waals surface area (Å²) in [5.41, 5.74) is 0.609. The lowest BCUT2D eigenvalue weighted by atomic mass is 10.0. The Morgan fingerprint density at radius 3 is 1.27 bits per heavy atom. The minimum absolute atomic E-state index is 0.305. The van der Waals surface area contributed by atoms with E-state index in [0.717, 1.165) is 25.2 Å². The van der Waals surface area contributed by atoms with Crippen molar-refractivity contribution in [3.8, 4) is 11.5 Å². The molecule has 2 unspecified atom stereocenters. The summed E-state index contributed by atoms with van der Waals surface area (Å²) >= 11 is 8.14. The molecule has 2 rings (SSSR count). The molecule has 0 aliphatic carbocycles. The van der Waals surface area contributed by atoms with Crippen LogP contribution in [-0.2, 0) is 18.1 Å².